The molecule has 3 nitrogen and oxygen atoms in total. The largest absolute Gasteiger partial charge is 0.382 e. The van der Waals surface area contributed by atoms with E-state index in [1.54, 1.807) is 0 Å². The SMILES string of the molecule is Nc1nc(C2C3CC4CC(C3)CC2C4)n2c1CCCC2. The van der Waals surface area contributed by atoms with Gasteiger partial charge >= 0.3 is 0 Å². The van der Waals surface area contributed by atoms with Crippen LogP contribution < -0.4 is 5.73 Å². The first-order valence-electron chi connectivity index (χ1n) is 8.64. The third-order valence-electron chi connectivity index (χ3n) is 6.70. The molecule has 6 rings (SSSR count). The normalized spacial score (nSPS) is 41.9. The molecular formula is C17H25N3. The van der Waals surface area contributed by atoms with Crippen molar-refractivity contribution in [3.63, 3.8) is 0 Å². The molecule has 5 aliphatic rings. The van der Waals surface area contributed by atoms with Crippen LogP contribution in [-0.4, -0.2) is 9.55 Å². The van der Waals surface area contributed by atoms with E-state index < -0.39 is 0 Å². The van der Waals surface area contributed by atoms with Crippen molar-refractivity contribution in [2.75, 3.05) is 5.73 Å². The first-order chi connectivity index (χ1) is 9.79. The summed E-state index contributed by atoms with van der Waals surface area (Å²) < 4.78 is 2.52. The van der Waals surface area contributed by atoms with Crippen molar-refractivity contribution >= 4 is 5.82 Å². The van der Waals surface area contributed by atoms with Crippen LogP contribution in [0.5, 0.6) is 0 Å². The third kappa shape index (κ3) is 1.49. The summed E-state index contributed by atoms with van der Waals surface area (Å²) in [7, 11) is 0. The van der Waals surface area contributed by atoms with Crippen LogP contribution in [0.2, 0.25) is 0 Å². The highest BCUT2D eigenvalue weighted by Gasteiger charge is 2.50. The van der Waals surface area contributed by atoms with Gasteiger partial charge in [0.15, 0.2) is 0 Å². The molecule has 2 N–H and O–H groups in total. The number of rotatable bonds is 1. The topological polar surface area (TPSA) is 43.8 Å². The molecule has 0 aromatic carbocycles. The van der Waals surface area contributed by atoms with E-state index in [0.29, 0.717) is 0 Å². The first-order valence-corrected chi connectivity index (χ1v) is 8.64. The smallest absolute Gasteiger partial charge is 0.145 e. The second-order valence-electron chi connectivity index (χ2n) is 7.87. The van der Waals surface area contributed by atoms with Crippen LogP contribution in [0.3, 0.4) is 0 Å². The predicted octanol–water partition coefficient (Wildman–Crippen LogP) is 3.34. The van der Waals surface area contributed by atoms with E-state index in [4.69, 9.17) is 10.7 Å². The maximum Gasteiger partial charge on any atom is 0.145 e. The molecule has 108 valence electrons. The average Bonchev–Trinajstić information content (AvgIpc) is 2.76. The van der Waals surface area contributed by atoms with Gasteiger partial charge in [-0.1, -0.05) is 0 Å². The zero-order valence-electron chi connectivity index (χ0n) is 12.2. The predicted molar refractivity (Wildman–Crippen MR) is 79.4 cm³/mol. The minimum atomic E-state index is 0.733. The molecule has 0 spiro atoms. The molecule has 4 fully saturated rings. The van der Waals surface area contributed by atoms with Crippen molar-refractivity contribution in [2.24, 2.45) is 23.7 Å². The van der Waals surface area contributed by atoms with E-state index in [2.05, 4.69) is 4.57 Å². The van der Waals surface area contributed by atoms with Crippen LogP contribution in [0.25, 0.3) is 0 Å². The third-order valence-corrected chi connectivity index (χ3v) is 6.70. The minimum absolute atomic E-state index is 0.733. The molecule has 0 amide bonds. The minimum Gasteiger partial charge on any atom is -0.382 e. The Hall–Kier alpha value is -0.990. The van der Waals surface area contributed by atoms with Gasteiger partial charge in [0.05, 0.1) is 5.69 Å². The van der Waals surface area contributed by atoms with Gasteiger partial charge in [-0.05, 0) is 75.0 Å². The van der Waals surface area contributed by atoms with Gasteiger partial charge in [-0.2, -0.15) is 0 Å². The fraction of sp³-hybridized carbons (Fsp3) is 0.824. The lowest BCUT2D eigenvalue weighted by Crippen LogP contribution is -2.44. The van der Waals surface area contributed by atoms with Gasteiger partial charge in [0.2, 0.25) is 0 Å². The summed E-state index contributed by atoms with van der Waals surface area (Å²) in [5.74, 6) is 6.87. The summed E-state index contributed by atoms with van der Waals surface area (Å²) in [6.45, 7) is 1.16. The lowest BCUT2D eigenvalue weighted by atomic mass is 9.51. The number of aromatic nitrogens is 2. The lowest BCUT2D eigenvalue weighted by Gasteiger charge is -2.54. The number of hydrogen-bond donors (Lipinski definition) is 1. The molecule has 4 saturated carbocycles. The van der Waals surface area contributed by atoms with Crippen molar-refractivity contribution in [2.45, 2.75) is 63.8 Å². The monoisotopic (exact) mass is 271 g/mol. The van der Waals surface area contributed by atoms with Crippen molar-refractivity contribution in [3.05, 3.63) is 11.5 Å². The fourth-order valence-corrected chi connectivity index (χ4v) is 6.20. The molecule has 4 bridgehead atoms. The molecule has 20 heavy (non-hydrogen) atoms. The molecule has 0 atom stereocenters. The molecule has 3 heteroatoms. The zero-order valence-corrected chi connectivity index (χ0v) is 12.2. The number of nitrogen functional groups attached to an aromatic ring is 1. The maximum absolute atomic E-state index is 6.22. The summed E-state index contributed by atoms with van der Waals surface area (Å²) in [6, 6.07) is 0. The Balaban J connectivity index is 1.57. The van der Waals surface area contributed by atoms with Gasteiger partial charge < -0.3 is 10.3 Å². The molecule has 1 aromatic rings. The highest BCUT2D eigenvalue weighted by Crippen LogP contribution is 2.59. The number of anilines is 1. The van der Waals surface area contributed by atoms with Crippen molar-refractivity contribution < 1.29 is 0 Å². The summed E-state index contributed by atoms with van der Waals surface area (Å²) in [5, 5.41) is 0. The highest BCUT2D eigenvalue weighted by atomic mass is 15.1. The summed E-state index contributed by atoms with van der Waals surface area (Å²) in [5.41, 5.74) is 7.57. The molecule has 0 radical (unpaired) electrons. The van der Waals surface area contributed by atoms with Crippen LogP contribution in [0.4, 0.5) is 5.82 Å². The number of nitrogens with zero attached hydrogens (tertiary/aromatic N) is 2. The van der Waals surface area contributed by atoms with Crippen molar-refractivity contribution in [1.82, 2.24) is 9.55 Å². The Morgan fingerprint density at radius 2 is 1.65 bits per heavy atom. The molecular weight excluding hydrogens is 246 g/mol. The Labute approximate surface area is 120 Å². The highest BCUT2D eigenvalue weighted by molar-refractivity contribution is 5.39. The van der Waals surface area contributed by atoms with Gasteiger partial charge in [0.25, 0.3) is 0 Å². The summed E-state index contributed by atoms with van der Waals surface area (Å²) in [4.78, 5) is 4.88. The molecule has 4 aliphatic carbocycles. The molecule has 0 unspecified atom stereocenters. The zero-order chi connectivity index (χ0) is 13.3. The van der Waals surface area contributed by atoms with Gasteiger partial charge in [-0.25, -0.2) is 4.98 Å². The Kier molecular flexibility index (Phi) is 2.34. The van der Waals surface area contributed by atoms with E-state index in [1.165, 1.54) is 56.5 Å². The standard InChI is InChI=1S/C17H25N3/c18-16-14-3-1-2-4-20(14)17(19-16)15-12-6-10-5-11(8-12)9-13(15)7-10/h10-13,15H,1-9,18H2. The average molecular weight is 271 g/mol. The van der Waals surface area contributed by atoms with Crippen molar-refractivity contribution in [1.29, 1.82) is 0 Å². The number of nitrogens with two attached hydrogens (primary N) is 1. The van der Waals surface area contributed by atoms with E-state index in [-0.39, 0.29) is 0 Å². The van der Waals surface area contributed by atoms with Gasteiger partial charge in [-0.15, -0.1) is 0 Å². The van der Waals surface area contributed by atoms with E-state index in [0.717, 1.165) is 48.4 Å². The second kappa shape index (κ2) is 4.02. The van der Waals surface area contributed by atoms with Crippen molar-refractivity contribution in [3.8, 4) is 0 Å². The van der Waals surface area contributed by atoms with Crippen LogP contribution in [0.15, 0.2) is 0 Å². The molecule has 1 aliphatic heterocycles. The maximum atomic E-state index is 6.22. The van der Waals surface area contributed by atoms with Crippen LogP contribution in [0, 0.1) is 23.7 Å². The number of fused-ring (bicyclic) bond motifs is 1. The van der Waals surface area contributed by atoms with E-state index in [1.807, 2.05) is 0 Å². The number of hydrogen-bond acceptors (Lipinski definition) is 2. The Morgan fingerprint density at radius 1 is 0.950 bits per heavy atom. The summed E-state index contributed by atoms with van der Waals surface area (Å²) in [6.07, 6.45) is 11.2. The molecule has 1 aromatic heterocycles. The van der Waals surface area contributed by atoms with Crippen LogP contribution in [0.1, 0.15) is 62.4 Å². The molecule has 2 heterocycles. The summed E-state index contributed by atoms with van der Waals surface area (Å²) >= 11 is 0. The van der Waals surface area contributed by atoms with Gasteiger partial charge in [0, 0.05) is 12.5 Å². The lowest BCUT2D eigenvalue weighted by molar-refractivity contribution is -0.00692. The molecule has 0 saturated heterocycles. The number of imidazole rings is 1. The Bertz CT molecular complexity index is 517. The fourth-order valence-electron chi connectivity index (χ4n) is 6.20. The van der Waals surface area contributed by atoms with Gasteiger partial charge in [-0.3, -0.25) is 0 Å². The van der Waals surface area contributed by atoms with E-state index in [9.17, 15) is 0 Å². The van der Waals surface area contributed by atoms with Crippen LogP contribution in [-0.2, 0) is 13.0 Å². The quantitative estimate of drug-likeness (QED) is 0.851. The van der Waals surface area contributed by atoms with Crippen LogP contribution >= 0.6 is 0 Å². The first kappa shape index (κ1) is 11.6. The van der Waals surface area contributed by atoms with Gasteiger partial charge in [0.1, 0.15) is 11.6 Å². The van der Waals surface area contributed by atoms with E-state index >= 15 is 0 Å². The second-order valence-corrected chi connectivity index (χ2v) is 7.87. The Morgan fingerprint density at radius 3 is 2.35 bits per heavy atom.